The molecular formula is C13H18N2. The van der Waals surface area contributed by atoms with Gasteiger partial charge in [-0.05, 0) is 24.5 Å². The molecule has 2 N–H and O–H groups in total. The zero-order valence-corrected chi connectivity index (χ0v) is 9.62. The minimum atomic E-state index is 0.149. The fraction of sp³-hybridized carbons (Fsp3) is 0.385. The number of aromatic nitrogens is 1. The highest BCUT2D eigenvalue weighted by Gasteiger charge is 2.12. The molecule has 0 aliphatic rings. The number of benzene rings is 1. The van der Waals surface area contributed by atoms with Crippen molar-refractivity contribution in [1.82, 2.24) is 4.57 Å². The van der Waals surface area contributed by atoms with Gasteiger partial charge < -0.3 is 10.3 Å². The number of para-hydroxylation sites is 1. The number of hydrogen-bond acceptors (Lipinski definition) is 1. The monoisotopic (exact) mass is 202 g/mol. The lowest BCUT2D eigenvalue weighted by molar-refractivity contribution is 0.700. The van der Waals surface area contributed by atoms with Gasteiger partial charge in [0.1, 0.15) is 0 Å². The van der Waals surface area contributed by atoms with Gasteiger partial charge in [-0.3, -0.25) is 0 Å². The molecule has 0 aliphatic carbocycles. The van der Waals surface area contributed by atoms with Crippen LogP contribution < -0.4 is 5.73 Å². The van der Waals surface area contributed by atoms with Crippen LogP contribution in [0.3, 0.4) is 0 Å². The Kier molecular flexibility index (Phi) is 2.53. The molecule has 0 aliphatic heterocycles. The van der Waals surface area contributed by atoms with Crippen LogP contribution in [0.2, 0.25) is 0 Å². The summed E-state index contributed by atoms with van der Waals surface area (Å²) in [5.41, 5.74) is 9.99. The lowest BCUT2D eigenvalue weighted by Gasteiger charge is -2.06. The topological polar surface area (TPSA) is 30.9 Å². The van der Waals surface area contributed by atoms with Crippen molar-refractivity contribution in [2.45, 2.75) is 26.3 Å². The van der Waals surface area contributed by atoms with Crippen molar-refractivity contribution in [2.75, 3.05) is 0 Å². The number of nitrogens with zero attached hydrogens (tertiary/aromatic N) is 1. The van der Waals surface area contributed by atoms with Gasteiger partial charge in [0, 0.05) is 24.7 Å². The molecule has 2 nitrogen and oxygen atoms in total. The summed E-state index contributed by atoms with van der Waals surface area (Å²) >= 11 is 0. The molecule has 1 unspecified atom stereocenters. The maximum atomic E-state index is 6.11. The number of hydrogen-bond donors (Lipinski definition) is 1. The Balaban J connectivity index is 2.73. The Hall–Kier alpha value is -1.28. The lowest BCUT2D eigenvalue weighted by Crippen LogP contribution is -2.07. The predicted octanol–water partition coefficient (Wildman–Crippen LogP) is 2.90. The summed E-state index contributed by atoms with van der Waals surface area (Å²) in [6.45, 7) is 4.27. The van der Waals surface area contributed by atoms with Gasteiger partial charge in [0.05, 0.1) is 5.52 Å². The molecule has 1 atom stereocenters. The standard InChI is InChI=1S/C13H18N2/c1-4-12(14)11-8-15(3)13-9(2)6-5-7-10(11)13/h5-8,12H,4,14H2,1-3H3. The first kappa shape index (κ1) is 10.2. The van der Waals surface area contributed by atoms with Crippen molar-refractivity contribution >= 4 is 10.9 Å². The van der Waals surface area contributed by atoms with Gasteiger partial charge in [-0.25, -0.2) is 0 Å². The van der Waals surface area contributed by atoms with Gasteiger partial charge in [0.2, 0.25) is 0 Å². The van der Waals surface area contributed by atoms with Gasteiger partial charge in [0.15, 0.2) is 0 Å². The van der Waals surface area contributed by atoms with Crippen LogP contribution in [0.4, 0.5) is 0 Å². The van der Waals surface area contributed by atoms with Crippen LogP contribution in [0.1, 0.15) is 30.5 Å². The number of fused-ring (bicyclic) bond motifs is 1. The van der Waals surface area contributed by atoms with E-state index >= 15 is 0 Å². The van der Waals surface area contributed by atoms with Gasteiger partial charge in [-0.2, -0.15) is 0 Å². The molecular weight excluding hydrogens is 184 g/mol. The van der Waals surface area contributed by atoms with E-state index in [1.165, 1.54) is 22.0 Å². The van der Waals surface area contributed by atoms with Crippen molar-refractivity contribution in [1.29, 1.82) is 0 Å². The SMILES string of the molecule is CCC(N)c1cn(C)c2c(C)cccc12. The minimum absolute atomic E-state index is 0.149. The second-order valence-electron chi connectivity index (χ2n) is 4.18. The molecule has 0 saturated carbocycles. The Morgan fingerprint density at radius 2 is 2.13 bits per heavy atom. The zero-order chi connectivity index (χ0) is 11.0. The highest BCUT2D eigenvalue weighted by Crippen LogP contribution is 2.28. The van der Waals surface area contributed by atoms with Crippen LogP contribution in [0.25, 0.3) is 10.9 Å². The molecule has 0 saturated heterocycles. The normalized spacial score (nSPS) is 13.3. The summed E-state index contributed by atoms with van der Waals surface area (Å²) in [5, 5.41) is 1.30. The lowest BCUT2D eigenvalue weighted by atomic mass is 10.0. The Labute approximate surface area is 90.7 Å². The number of nitrogens with two attached hydrogens (primary N) is 1. The van der Waals surface area contributed by atoms with Gasteiger partial charge in [-0.15, -0.1) is 0 Å². The van der Waals surface area contributed by atoms with Crippen molar-refractivity contribution in [2.24, 2.45) is 12.8 Å². The van der Waals surface area contributed by atoms with E-state index in [1.54, 1.807) is 0 Å². The highest BCUT2D eigenvalue weighted by molar-refractivity contribution is 5.87. The molecule has 2 rings (SSSR count). The third-order valence-corrected chi connectivity index (χ3v) is 3.07. The van der Waals surface area contributed by atoms with Gasteiger partial charge in [-0.1, -0.05) is 25.1 Å². The fourth-order valence-corrected chi connectivity index (χ4v) is 2.22. The molecule has 2 heteroatoms. The summed E-state index contributed by atoms with van der Waals surface area (Å²) in [6, 6.07) is 6.55. The first-order chi connectivity index (χ1) is 7.15. The molecule has 1 aromatic carbocycles. The summed E-state index contributed by atoms with van der Waals surface area (Å²) in [6.07, 6.45) is 3.14. The van der Waals surface area contributed by atoms with Crippen LogP contribution in [0.5, 0.6) is 0 Å². The second kappa shape index (κ2) is 3.70. The molecule has 1 aromatic heterocycles. The van der Waals surface area contributed by atoms with E-state index in [4.69, 9.17) is 5.73 Å². The molecule has 0 amide bonds. The van der Waals surface area contributed by atoms with E-state index in [9.17, 15) is 0 Å². The molecule has 0 spiro atoms. The average Bonchev–Trinajstić information content (AvgIpc) is 2.56. The molecule has 1 heterocycles. The predicted molar refractivity (Wildman–Crippen MR) is 64.9 cm³/mol. The average molecular weight is 202 g/mol. The maximum absolute atomic E-state index is 6.11. The van der Waals surface area contributed by atoms with Crippen molar-refractivity contribution < 1.29 is 0 Å². The fourth-order valence-electron chi connectivity index (χ4n) is 2.22. The number of rotatable bonds is 2. The first-order valence-corrected chi connectivity index (χ1v) is 5.45. The van der Waals surface area contributed by atoms with Crippen LogP contribution in [0.15, 0.2) is 24.4 Å². The Morgan fingerprint density at radius 1 is 1.40 bits per heavy atom. The maximum Gasteiger partial charge on any atom is 0.0510 e. The largest absolute Gasteiger partial charge is 0.350 e. The second-order valence-corrected chi connectivity index (χ2v) is 4.18. The zero-order valence-electron chi connectivity index (χ0n) is 9.62. The molecule has 2 aromatic rings. The van der Waals surface area contributed by atoms with Crippen LogP contribution in [-0.2, 0) is 7.05 Å². The summed E-state index contributed by atoms with van der Waals surface area (Å²) in [4.78, 5) is 0. The van der Waals surface area contributed by atoms with Gasteiger partial charge in [0.25, 0.3) is 0 Å². The molecule has 0 bridgehead atoms. The van der Waals surface area contributed by atoms with E-state index in [2.05, 4.69) is 49.9 Å². The third kappa shape index (κ3) is 1.55. The summed E-state index contributed by atoms with van der Waals surface area (Å²) < 4.78 is 2.18. The van der Waals surface area contributed by atoms with Crippen molar-refractivity contribution in [3.05, 3.63) is 35.5 Å². The van der Waals surface area contributed by atoms with E-state index in [-0.39, 0.29) is 6.04 Å². The molecule has 0 fully saturated rings. The third-order valence-electron chi connectivity index (χ3n) is 3.07. The smallest absolute Gasteiger partial charge is 0.0510 e. The van der Waals surface area contributed by atoms with Crippen molar-refractivity contribution in [3.63, 3.8) is 0 Å². The van der Waals surface area contributed by atoms with E-state index < -0.39 is 0 Å². The molecule has 0 radical (unpaired) electrons. The Morgan fingerprint density at radius 3 is 2.80 bits per heavy atom. The van der Waals surface area contributed by atoms with E-state index in [1.807, 2.05) is 0 Å². The molecule has 80 valence electrons. The van der Waals surface area contributed by atoms with Crippen molar-refractivity contribution in [3.8, 4) is 0 Å². The molecule has 15 heavy (non-hydrogen) atoms. The summed E-state index contributed by atoms with van der Waals surface area (Å²) in [5.74, 6) is 0. The summed E-state index contributed by atoms with van der Waals surface area (Å²) in [7, 11) is 2.08. The quantitative estimate of drug-likeness (QED) is 0.797. The first-order valence-electron chi connectivity index (χ1n) is 5.45. The highest BCUT2D eigenvalue weighted by atomic mass is 14.9. The van der Waals surface area contributed by atoms with Crippen LogP contribution >= 0.6 is 0 Å². The van der Waals surface area contributed by atoms with E-state index in [0.29, 0.717) is 0 Å². The minimum Gasteiger partial charge on any atom is -0.350 e. The van der Waals surface area contributed by atoms with Crippen LogP contribution in [0, 0.1) is 6.92 Å². The number of aryl methyl sites for hydroxylation is 2. The Bertz CT molecular complexity index is 482. The van der Waals surface area contributed by atoms with Gasteiger partial charge >= 0.3 is 0 Å². The van der Waals surface area contributed by atoms with Crippen LogP contribution in [-0.4, -0.2) is 4.57 Å². The van der Waals surface area contributed by atoms with E-state index in [0.717, 1.165) is 6.42 Å².